The summed E-state index contributed by atoms with van der Waals surface area (Å²) in [6, 6.07) is 11.9. The van der Waals surface area contributed by atoms with Crippen molar-refractivity contribution < 1.29 is 9.72 Å². The van der Waals surface area contributed by atoms with Crippen LogP contribution >= 0.6 is 0 Å². The molecular weight excluding hydrogens is 322 g/mol. The molecule has 0 fully saturated rings. The summed E-state index contributed by atoms with van der Waals surface area (Å²) in [7, 11) is 0. The van der Waals surface area contributed by atoms with Gasteiger partial charge in [0.05, 0.1) is 17.2 Å². The molecule has 0 spiro atoms. The van der Waals surface area contributed by atoms with E-state index in [0.717, 1.165) is 17.8 Å². The number of nitro groups is 1. The molecule has 0 saturated carbocycles. The summed E-state index contributed by atoms with van der Waals surface area (Å²) in [6.45, 7) is 2.02. The molecule has 0 aliphatic carbocycles. The predicted octanol–water partition coefficient (Wildman–Crippen LogP) is 1.70. The molecular formula is C17H21N5O3. The first-order valence-electron chi connectivity index (χ1n) is 8.01. The molecule has 8 heteroatoms. The quantitative estimate of drug-likeness (QED) is 0.344. The molecule has 0 saturated heterocycles. The van der Waals surface area contributed by atoms with Gasteiger partial charge in [0.25, 0.3) is 5.69 Å². The van der Waals surface area contributed by atoms with Crippen LogP contribution in [0.2, 0.25) is 0 Å². The number of amides is 1. The maximum Gasteiger partial charge on any atom is 0.269 e. The van der Waals surface area contributed by atoms with Crippen LogP contribution in [0.5, 0.6) is 0 Å². The molecule has 0 radical (unpaired) electrons. The van der Waals surface area contributed by atoms with Crippen LogP contribution in [-0.2, 0) is 11.3 Å². The van der Waals surface area contributed by atoms with Crippen molar-refractivity contribution in [2.24, 2.45) is 0 Å². The van der Waals surface area contributed by atoms with Gasteiger partial charge >= 0.3 is 0 Å². The minimum atomic E-state index is -0.429. The van der Waals surface area contributed by atoms with Gasteiger partial charge in [-0.2, -0.15) is 0 Å². The van der Waals surface area contributed by atoms with E-state index in [1.165, 1.54) is 12.1 Å². The summed E-state index contributed by atoms with van der Waals surface area (Å²) >= 11 is 0. The second-order valence-electron chi connectivity index (χ2n) is 5.36. The number of nitro benzene ring substituents is 1. The number of nitrogens with one attached hydrogen (secondary N) is 3. The van der Waals surface area contributed by atoms with Crippen molar-refractivity contribution in [1.29, 1.82) is 0 Å². The van der Waals surface area contributed by atoms with Gasteiger partial charge in [-0.3, -0.25) is 19.9 Å². The Balaban J connectivity index is 1.53. The molecule has 2 aromatic rings. The van der Waals surface area contributed by atoms with E-state index in [4.69, 9.17) is 0 Å². The number of anilines is 1. The fraction of sp³-hybridized carbons (Fsp3) is 0.294. The summed E-state index contributed by atoms with van der Waals surface area (Å²) < 4.78 is 0. The second-order valence-corrected chi connectivity index (χ2v) is 5.36. The minimum Gasteiger partial charge on any atom is -0.385 e. The van der Waals surface area contributed by atoms with Crippen LogP contribution in [0.25, 0.3) is 0 Å². The van der Waals surface area contributed by atoms with Crippen molar-refractivity contribution >= 4 is 17.3 Å². The monoisotopic (exact) mass is 343 g/mol. The maximum atomic E-state index is 11.7. The molecule has 3 N–H and O–H groups in total. The third-order valence-electron chi connectivity index (χ3n) is 3.40. The first-order valence-corrected chi connectivity index (χ1v) is 8.01. The van der Waals surface area contributed by atoms with E-state index in [-0.39, 0.29) is 18.1 Å². The predicted molar refractivity (Wildman–Crippen MR) is 95.2 cm³/mol. The Bertz CT molecular complexity index is 676. The van der Waals surface area contributed by atoms with Crippen molar-refractivity contribution in [3.05, 3.63) is 64.5 Å². The zero-order chi connectivity index (χ0) is 17.9. The number of hydrogen-bond donors (Lipinski definition) is 3. The van der Waals surface area contributed by atoms with E-state index < -0.39 is 4.92 Å². The fourth-order valence-corrected chi connectivity index (χ4v) is 2.12. The highest BCUT2D eigenvalue weighted by Gasteiger charge is 2.03. The van der Waals surface area contributed by atoms with E-state index in [1.807, 2.05) is 18.2 Å². The first-order chi connectivity index (χ1) is 12.1. The van der Waals surface area contributed by atoms with E-state index in [1.54, 1.807) is 18.3 Å². The molecule has 1 heterocycles. The Labute approximate surface area is 145 Å². The molecule has 0 bridgehead atoms. The lowest BCUT2D eigenvalue weighted by molar-refractivity contribution is -0.384. The Morgan fingerprint density at radius 3 is 2.60 bits per heavy atom. The normalized spacial score (nSPS) is 10.2. The maximum absolute atomic E-state index is 11.7. The molecule has 25 heavy (non-hydrogen) atoms. The molecule has 0 aliphatic rings. The summed E-state index contributed by atoms with van der Waals surface area (Å²) in [6.07, 6.45) is 2.47. The largest absolute Gasteiger partial charge is 0.385 e. The SMILES string of the molecule is O=C(CNCc1ccccn1)NCCCNc1ccc([N+](=O)[O-])cc1. The van der Waals surface area contributed by atoms with Crippen molar-refractivity contribution in [3.63, 3.8) is 0 Å². The van der Waals surface area contributed by atoms with Crippen LogP contribution in [0.15, 0.2) is 48.7 Å². The standard InChI is InChI=1S/C17H21N5O3/c23-17(13-18-12-15-4-1-2-9-20-15)21-11-3-10-19-14-5-7-16(8-6-14)22(24)25/h1-2,4-9,18-19H,3,10-13H2,(H,21,23). The second kappa shape index (κ2) is 9.99. The smallest absolute Gasteiger partial charge is 0.269 e. The van der Waals surface area contributed by atoms with E-state index in [0.29, 0.717) is 19.6 Å². The molecule has 132 valence electrons. The summed E-state index contributed by atoms with van der Waals surface area (Å²) in [4.78, 5) is 26.0. The number of non-ortho nitro benzene ring substituents is 1. The van der Waals surface area contributed by atoms with Gasteiger partial charge < -0.3 is 16.0 Å². The van der Waals surface area contributed by atoms with Crippen molar-refractivity contribution in [2.75, 3.05) is 25.0 Å². The van der Waals surface area contributed by atoms with Crippen LogP contribution in [0, 0.1) is 10.1 Å². The highest BCUT2D eigenvalue weighted by Crippen LogP contribution is 2.15. The number of carbonyl (C=O) groups is 1. The topological polar surface area (TPSA) is 109 Å². The average Bonchev–Trinajstić information content (AvgIpc) is 2.63. The lowest BCUT2D eigenvalue weighted by atomic mass is 10.3. The van der Waals surface area contributed by atoms with Crippen LogP contribution in [0.3, 0.4) is 0 Å². The summed E-state index contributed by atoms with van der Waals surface area (Å²) in [5.74, 6) is -0.0636. The van der Waals surface area contributed by atoms with Gasteiger partial charge in [-0.05, 0) is 30.7 Å². The number of hydrogen-bond acceptors (Lipinski definition) is 6. The third kappa shape index (κ3) is 6.96. The summed E-state index contributed by atoms with van der Waals surface area (Å²) in [5.41, 5.74) is 1.77. The fourth-order valence-electron chi connectivity index (χ4n) is 2.12. The third-order valence-corrected chi connectivity index (χ3v) is 3.40. The number of nitrogens with zero attached hydrogens (tertiary/aromatic N) is 2. The van der Waals surface area contributed by atoms with E-state index in [9.17, 15) is 14.9 Å². The Morgan fingerprint density at radius 1 is 1.12 bits per heavy atom. The number of aromatic nitrogens is 1. The number of carbonyl (C=O) groups excluding carboxylic acids is 1. The van der Waals surface area contributed by atoms with Crippen molar-refractivity contribution in [3.8, 4) is 0 Å². The van der Waals surface area contributed by atoms with Crippen molar-refractivity contribution in [2.45, 2.75) is 13.0 Å². The molecule has 0 aliphatic heterocycles. The van der Waals surface area contributed by atoms with Gasteiger partial charge in [-0.1, -0.05) is 6.07 Å². The van der Waals surface area contributed by atoms with Crippen LogP contribution in [-0.4, -0.2) is 35.4 Å². The van der Waals surface area contributed by atoms with Gasteiger partial charge in [0.1, 0.15) is 0 Å². The molecule has 1 aromatic heterocycles. The molecule has 0 atom stereocenters. The van der Waals surface area contributed by atoms with Gasteiger partial charge in [0.2, 0.25) is 5.91 Å². The molecule has 1 aromatic carbocycles. The number of benzene rings is 1. The van der Waals surface area contributed by atoms with Gasteiger partial charge in [-0.15, -0.1) is 0 Å². The van der Waals surface area contributed by atoms with Crippen molar-refractivity contribution in [1.82, 2.24) is 15.6 Å². The average molecular weight is 343 g/mol. The van der Waals surface area contributed by atoms with Crippen LogP contribution in [0.4, 0.5) is 11.4 Å². The Kier molecular flexibility index (Phi) is 7.33. The van der Waals surface area contributed by atoms with E-state index >= 15 is 0 Å². The van der Waals surface area contributed by atoms with Crippen LogP contribution < -0.4 is 16.0 Å². The molecule has 2 rings (SSSR count). The highest BCUT2D eigenvalue weighted by atomic mass is 16.6. The van der Waals surface area contributed by atoms with Gasteiger partial charge in [-0.25, -0.2) is 0 Å². The Morgan fingerprint density at radius 2 is 1.92 bits per heavy atom. The minimum absolute atomic E-state index is 0.0636. The zero-order valence-corrected chi connectivity index (χ0v) is 13.8. The van der Waals surface area contributed by atoms with E-state index in [2.05, 4.69) is 20.9 Å². The first kappa shape index (κ1) is 18.3. The number of rotatable bonds is 10. The number of pyridine rings is 1. The molecule has 8 nitrogen and oxygen atoms in total. The van der Waals surface area contributed by atoms with Crippen LogP contribution in [0.1, 0.15) is 12.1 Å². The molecule has 0 unspecified atom stereocenters. The molecule has 1 amide bonds. The zero-order valence-electron chi connectivity index (χ0n) is 13.8. The van der Waals surface area contributed by atoms with Gasteiger partial charge in [0.15, 0.2) is 0 Å². The lowest BCUT2D eigenvalue weighted by Gasteiger charge is -2.08. The Hall–Kier alpha value is -3.00. The summed E-state index contributed by atoms with van der Waals surface area (Å²) in [5, 5.41) is 19.6. The van der Waals surface area contributed by atoms with Gasteiger partial charge in [0, 0.05) is 43.7 Å². The highest BCUT2D eigenvalue weighted by molar-refractivity contribution is 5.77. The lowest BCUT2D eigenvalue weighted by Crippen LogP contribution is -2.34.